The quantitative estimate of drug-likeness (QED) is 0.555. The van der Waals surface area contributed by atoms with Gasteiger partial charge in [0.1, 0.15) is 29.9 Å². The second kappa shape index (κ2) is 10.7. The van der Waals surface area contributed by atoms with Crippen LogP contribution in [-0.2, 0) is 4.74 Å². The summed E-state index contributed by atoms with van der Waals surface area (Å²) in [5, 5.41) is 28.0. The first-order chi connectivity index (χ1) is 17.0. The van der Waals surface area contributed by atoms with Crippen molar-refractivity contribution < 1.29 is 9.84 Å². The highest BCUT2D eigenvalue weighted by Gasteiger charge is 2.24. The van der Waals surface area contributed by atoms with E-state index in [0.29, 0.717) is 41.4 Å². The zero-order chi connectivity index (χ0) is 24.8. The van der Waals surface area contributed by atoms with Gasteiger partial charge in [-0.1, -0.05) is 18.1 Å². The number of hydrogen-bond donors (Lipinski definition) is 2. The Morgan fingerprint density at radius 1 is 1.17 bits per heavy atom. The molecule has 4 rings (SSSR count). The lowest BCUT2D eigenvalue weighted by molar-refractivity contribution is 0.240. The highest BCUT2D eigenvalue weighted by atomic mass is 16.5. The van der Waals surface area contributed by atoms with Crippen molar-refractivity contribution in [3.8, 4) is 34.9 Å². The molecule has 1 aromatic carbocycles. The molecular weight excluding hydrogens is 442 g/mol. The number of aromatic nitrogens is 3. The van der Waals surface area contributed by atoms with E-state index in [1.165, 1.54) is 0 Å². The van der Waals surface area contributed by atoms with E-state index in [-0.39, 0.29) is 18.4 Å². The minimum Gasteiger partial charge on any atom is -0.507 e. The molecule has 1 unspecified atom stereocenters. The van der Waals surface area contributed by atoms with Gasteiger partial charge in [0, 0.05) is 38.3 Å². The Kier molecular flexibility index (Phi) is 7.30. The van der Waals surface area contributed by atoms with Gasteiger partial charge in [0.2, 0.25) is 0 Å². The summed E-state index contributed by atoms with van der Waals surface area (Å²) in [5.41, 5.74) is 9.06. The van der Waals surface area contributed by atoms with Crippen LogP contribution in [0.1, 0.15) is 24.6 Å². The number of aromatic hydroxyl groups is 1. The molecule has 9 heteroatoms. The molecule has 1 aliphatic rings. The molecule has 1 atom stereocenters. The number of phenolic OH excluding ortho intramolecular Hbond substituents is 1. The Morgan fingerprint density at radius 2 is 2.00 bits per heavy atom. The van der Waals surface area contributed by atoms with Crippen LogP contribution in [0.2, 0.25) is 0 Å². The maximum Gasteiger partial charge on any atom is 0.169 e. The molecule has 2 aromatic heterocycles. The van der Waals surface area contributed by atoms with Crippen LogP contribution in [0.3, 0.4) is 0 Å². The van der Waals surface area contributed by atoms with Crippen molar-refractivity contribution in [3.63, 3.8) is 0 Å². The van der Waals surface area contributed by atoms with Crippen LogP contribution < -0.4 is 15.5 Å². The Labute approximate surface area is 204 Å². The molecule has 178 valence electrons. The fourth-order valence-corrected chi connectivity index (χ4v) is 4.09. The lowest BCUT2D eigenvalue weighted by Crippen LogP contribution is -2.35. The van der Waals surface area contributed by atoms with Crippen LogP contribution in [-0.4, -0.2) is 59.7 Å². The van der Waals surface area contributed by atoms with Gasteiger partial charge in [-0.3, -0.25) is 0 Å². The lowest BCUT2D eigenvalue weighted by Gasteiger charge is -2.28. The Hall–Kier alpha value is -4.34. The number of para-hydroxylation sites is 1. The topological polar surface area (TPSA) is 124 Å². The summed E-state index contributed by atoms with van der Waals surface area (Å²) in [5.74, 6) is 7.09. The van der Waals surface area contributed by atoms with Gasteiger partial charge in [-0.05, 0) is 49.6 Å². The van der Waals surface area contributed by atoms with E-state index in [4.69, 9.17) is 15.5 Å². The molecule has 3 aromatic rings. The highest BCUT2D eigenvalue weighted by molar-refractivity contribution is 5.74. The summed E-state index contributed by atoms with van der Waals surface area (Å²) in [7, 11) is 1.57. The molecule has 0 aliphatic carbocycles. The number of rotatable bonds is 4. The molecule has 35 heavy (non-hydrogen) atoms. The maximum atomic E-state index is 10.2. The molecule has 1 fully saturated rings. The number of nitrogens with zero attached hydrogens (tertiary/aromatic N) is 6. The number of nitrogens with two attached hydrogens (primary N) is 1. The third kappa shape index (κ3) is 5.26. The average Bonchev–Trinajstić information content (AvgIpc) is 3.06. The fraction of sp³-hybridized carbons (Fsp3) is 0.308. The number of nitrogen functional groups attached to an aromatic ring is 1. The zero-order valence-corrected chi connectivity index (χ0v) is 19.8. The molecule has 9 nitrogen and oxygen atoms in total. The van der Waals surface area contributed by atoms with Gasteiger partial charge < -0.3 is 25.4 Å². The fourth-order valence-electron chi connectivity index (χ4n) is 4.09. The van der Waals surface area contributed by atoms with E-state index in [1.54, 1.807) is 31.4 Å². The molecule has 1 aliphatic heterocycles. The molecule has 3 heterocycles. The zero-order valence-electron chi connectivity index (χ0n) is 19.8. The number of hydrogen-bond acceptors (Lipinski definition) is 9. The number of nitriles is 1. The molecular formula is C26H27N7O2. The third-order valence-electron chi connectivity index (χ3n) is 6.00. The van der Waals surface area contributed by atoms with Gasteiger partial charge in [0.05, 0.1) is 16.9 Å². The number of phenols is 1. The monoisotopic (exact) mass is 469 g/mol. The van der Waals surface area contributed by atoms with Crippen molar-refractivity contribution >= 4 is 17.3 Å². The van der Waals surface area contributed by atoms with E-state index in [9.17, 15) is 10.4 Å². The van der Waals surface area contributed by atoms with Crippen molar-refractivity contribution in [2.45, 2.75) is 19.4 Å². The first-order valence-corrected chi connectivity index (χ1v) is 11.3. The van der Waals surface area contributed by atoms with Crippen LogP contribution in [0.25, 0.3) is 11.3 Å². The second-order valence-electron chi connectivity index (χ2n) is 8.25. The lowest BCUT2D eigenvalue weighted by atomic mass is 10.1. The Balaban J connectivity index is 1.59. The second-order valence-corrected chi connectivity index (χ2v) is 8.25. The molecule has 3 N–H and O–H groups in total. The molecule has 0 spiro atoms. The standard InChI is InChI=1S/C26H27N7O2/c1-18-11-12-32(23-16-22(30-31-26(23)28)20-6-3-4-8-24(20)34)13-14-33(18)25-10-9-19(17-27)21(29-25)7-5-15-35-2/h3-4,6,8-10,16,18,34H,11-15H2,1-2H3,(H2,28,31). The maximum absolute atomic E-state index is 10.2. The third-order valence-corrected chi connectivity index (χ3v) is 6.00. The van der Waals surface area contributed by atoms with Crippen molar-refractivity contribution in [3.05, 3.63) is 53.7 Å². The summed E-state index contributed by atoms with van der Waals surface area (Å²) in [4.78, 5) is 9.10. The minimum absolute atomic E-state index is 0.143. The predicted molar refractivity (Wildman–Crippen MR) is 135 cm³/mol. The van der Waals surface area contributed by atoms with Gasteiger partial charge >= 0.3 is 0 Å². The van der Waals surface area contributed by atoms with Gasteiger partial charge in [-0.2, -0.15) is 5.26 Å². The first kappa shape index (κ1) is 23.8. The largest absolute Gasteiger partial charge is 0.507 e. The first-order valence-electron chi connectivity index (χ1n) is 11.3. The van der Waals surface area contributed by atoms with E-state index < -0.39 is 0 Å². The summed E-state index contributed by atoms with van der Waals surface area (Å²) in [6, 6.07) is 14.9. The summed E-state index contributed by atoms with van der Waals surface area (Å²) < 4.78 is 4.99. The van der Waals surface area contributed by atoms with Crippen LogP contribution in [0, 0.1) is 23.2 Å². The summed E-state index contributed by atoms with van der Waals surface area (Å²) >= 11 is 0. The Morgan fingerprint density at radius 3 is 2.77 bits per heavy atom. The number of anilines is 3. The molecule has 0 amide bonds. The summed E-state index contributed by atoms with van der Waals surface area (Å²) in [6.45, 7) is 4.58. The van der Waals surface area contributed by atoms with Crippen LogP contribution in [0.5, 0.6) is 5.75 Å². The van der Waals surface area contributed by atoms with Crippen molar-refractivity contribution in [1.29, 1.82) is 5.26 Å². The van der Waals surface area contributed by atoms with E-state index in [2.05, 4.69) is 44.8 Å². The van der Waals surface area contributed by atoms with E-state index >= 15 is 0 Å². The van der Waals surface area contributed by atoms with Crippen molar-refractivity contribution in [2.75, 3.05) is 48.9 Å². The molecule has 1 saturated heterocycles. The molecule has 0 bridgehead atoms. The van der Waals surface area contributed by atoms with E-state index in [1.807, 2.05) is 18.2 Å². The van der Waals surface area contributed by atoms with Crippen LogP contribution in [0.4, 0.5) is 17.3 Å². The normalized spacial score (nSPS) is 15.6. The van der Waals surface area contributed by atoms with E-state index in [0.717, 1.165) is 24.5 Å². The number of pyridine rings is 1. The molecule has 0 saturated carbocycles. The van der Waals surface area contributed by atoms with Crippen LogP contribution in [0.15, 0.2) is 42.5 Å². The Bertz CT molecular complexity index is 1310. The highest BCUT2D eigenvalue weighted by Crippen LogP contribution is 2.32. The SMILES string of the molecule is COCC#Cc1nc(N2CCN(c3cc(-c4ccccc4O)nnc3N)CCC2C)ccc1C#N. The smallest absolute Gasteiger partial charge is 0.169 e. The van der Waals surface area contributed by atoms with Gasteiger partial charge in [0.15, 0.2) is 5.82 Å². The number of benzene rings is 1. The predicted octanol–water partition coefficient (Wildman–Crippen LogP) is 2.80. The molecule has 0 radical (unpaired) electrons. The van der Waals surface area contributed by atoms with Crippen molar-refractivity contribution in [1.82, 2.24) is 15.2 Å². The van der Waals surface area contributed by atoms with Crippen LogP contribution >= 0.6 is 0 Å². The van der Waals surface area contributed by atoms with Gasteiger partial charge in [-0.15, -0.1) is 10.2 Å². The van der Waals surface area contributed by atoms with Gasteiger partial charge in [-0.25, -0.2) is 4.98 Å². The number of ether oxygens (including phenoxy) is 1. The summed E-state index contributed by atoms with van der Waals surface area (Å²) in [6.07, 6.45) is 0.861. The van der Waals surface area contributed by atoms with Crippen molar-refractivity contribution in [2.24, 2.45) is 0 Å². The minimum atomic E-state index is 0.143. The average molecular weight is 470 g/mol. The number of methoxy groups -OCH3 is 1. The van der Waals surface area contributed by atoms with Gasteiger partial charge in [0.25, 0.3) is 0 Å².